The molecule has 2 unspecified atom stereocenters. The number of aliphatic hydroxyl groups excluding tert-OH is 1. The van der Waals surface area contributed by atoms with Crippen LogP contribution in [-0.2, 0) is 0 Å². The van der Waals surface area contributed by atoms with E-state index in [1.54, 1.807) is 0 Å². The van der Waals surface area contributed by atoms with Gasteiger partial charge in [0.1, 0.15) is 0 Å². The molecule has 1 aliphatic heterocycles. The summed E-state index contributed by atoms with van der Waals surface area (Å²) in [7, 11) is 0. The van der Waals surface area contributed by atoms with Crippen molar-refractivity contribution in [2.75, 3.05) is 26.2 Å². The first-order valence-electron chi connectivity index (χ1n) is 7.92. The number of hydrogen-bond donors (Lipinski definition) is 2. The minimum absolute atomic E-state index is 0. The minimum Gasteiger partial charge on any atom is -0.393 e. The van der Waals surface area contributed by atoms with Crippen LogP contribution in [-0.4, -0.2) is 48.2 Å². The molecule has 1 heterocycles. The summed E-state index contributed by atoms with van der Waals surface area (Å²) >= 11 is 0. The second-order valence-corrected chi connectivity index (χ2v) is 6.12. The van der Waals surface area contributed by atoms with Crippen LogP contribution in [0, 0.1) is 11.8 Å². The Kier molecular flexibility index (Phi) is 8.17. The van der Waals surface area contributed by atoms with E-state index in [0.717, 1.165) is 57.3 Å². The van der Waals surface area contributed by atoms with Crippen molar-refractivity contribution in [2.24, 2.45) is 16.8 Å². The van der Waals surface area contributed by atoms with Gasteiger partial charge in [0.05, 0.1) is 6.10 Å². The molecule has 5 heteroatoms. The molecule has 4 nitrogen and oxygen atoms in total. The Bertz CT molecular complexity index is 303. The van der Waals surface area contributed by atoms with E-state index in [-0.39, 0.29) is 30.1 Å². The molecule has 0 aromatic rings. The van der Waals surface area contributed by atoms with E-state index in [2.05, 4.69) is 24.1 Å². The van der Waals surface area contributed by atoms with Gasteiger partial charge in [-0.1, -0.05) is 13.3 Å². The number of aliphatic imine (C=N–C) groups is 1. The standard InChI is InChI=1S/C15H29N3O.HI/c1-3-16-15(18-9-7-12(2)8-10-18)17-11-13-5-4-6-14(13)19;/h12-14,19H,3-11H2,1-2H3,(H,16,17);1H. The molecule has 1 saturated heterocycles. The first-order chi connectivity index (χ1) is 9.20. The SMILES string of the molecule is CCNC(=NCC1CCCC1O)N1CCC(C)CC1.I. The molecule has 2 atom stereocenters. The van der Waals surface area contributed by atoms with Crippen LogP contribution in [0.5, 0.6) is 0 Å². The van der Waals surface area contributed by atoms with Crippen LogP contribution in [0.25, 0.3) is 0 Å². The fraction of sp³-hybridized carbons (Fsp3) is 0.933. The van der Waals surface area contributed by atoms with Gasteiger partial charge in [0.25, 0.3) is 0 Å². The maximum atomic E-state index is 9.87. The molecule has 1 saturated carbocycles. The lowest BCUT2D eigenvalue weighted by Gasteiger charge is -2.33. The maximum Gasteiger partial charge on any atom is 0.193 e. The maximum absolute atomic E-state index is 9.87. The van der Waals surface area contributed by atoms with E-state index in [1.807, 2.05) is 0 Å². The number of nitrogens with zero attached hydrogens (tertiary/aromatic N) is 2. The first-order valence-corrected chi connectivity index (χ1v) is 7.92. The second kappa shape index (κ2) is 9.07. The highest BCUT2D eigenvalue weighted by molar-refractivity contribution is 14.0. The fourth-order valence-electron chi connectivity index (χ4n) is 3.08. The molecule has 0 radical (unpaired) electrons. The zero-order valence-corrected chi connectivity index (χ0v) is 15.2. The van der Waals surface area contributed by atoms with Gasteiger partial charge in [0.2, 0.25) is 0 Å². The number of guanidine groups is 1. The van der Waals surface area contributed by atoms with Crippen LogP contribution in [0.2, 0.25) is 0 Å². The van der Waals surface area contributed by atoms with Gasteiger partial charge in [-0.2, -0.15) is 0 Å². The van der Waals surface area contributed by atoms with Crippen molar-refractivity contribution in [3.05, 3.63) is 0 Å². The molecule has 1 aliphatic carbocycles. The molecule has 2 aliphatic rings. The molecule has 2 N–H and O–H groups in total. The number of hydrogen-bond acceptors (Lipinski definition) is 2. The van der Waals surface area contributed by atoms with Gasteiger partial charge in [-0.05, 0) is 38.5 Å². The van der Waals surface area contributed by atoms with E-state index >= 15 is 0 Å². The Hall–Kier alpha value is -0.0400. The third-order valence-electron chi connectivity index (χ3n) is 4.51. The summed E-state index contributed by atoms with van der Waals surface area (Å²) in [4.78, 5) is 7.15. The topological polar surface area (TPSA) is 47.9 Å². The smallest absolute Gasteiger partial charge is 0.193 e. The van der Waals surface area contributed by atoms with E-state index in [0.29, 0.717) is 5.92 Å². The molecule has 118 valence electrons. The summed E-state index contributed by atoms with van der Waals surface area (Å²) in [6, 6.07) is 0. The summed E-state index contributed by atoms with van der Waals surface area (Å²) in [5, 5.41) is 13.3. The van der Waals surface area contributed by atoms with Crippen LogP contribution in [0.15, 0.2) is 4.99 Å². The third kappa shape index (κ3) is 5.06. The highest BCUT2D eigenvalue weighted by Crippen LogP contribution is 2.25. The summed E-state index contributed by atoms with van der Waals surface area (Å²) in [5.74, 6) is 2.27. The van der Waals surface area contributed by atoms with Gasteiger partial charge < -0.3 is 15.3 Å². The van der Waals surface area contributed by atoms with Crippen LogP contribution in [0.1, 0.15) is 46.0 Å². The number of halogens is 1. The van der Waals surface area contributed by atoms with Gasteiger partial charge in [-0.15, -0.1) is 24.0 Å². The van der Waals surface area contributed by atoms with Crippen molar-refractivity contribution in [2.45, 2.75) is 52.1 Å². The Labute approximate surface area is 140 Å². The predicted octanol–water partition coefficient (Wildman–Crippen LogP) is 2.46. The first kappa shape index (κ1) is 18.0. The van der Waals surface area contributed by atoms with Crippen molar-refractivity contribution in [3.8, 4) is 0 Å². The summed E-state index contributed by atoms with van der Waals surface area (Å²) in [5.41, 5.74) is 0. The van der Waals surface area contributed by atoms with Gasteiger partial charge in [-0.3, -0.25) is 4.99 Å². The second-order valence-electron chi connectivity index (χ2n) is 6.12. The third-order valence-corrected chi connectivity index (χ3v) is 4.51. The van der Waals surface area contributed by atoms with E-state index in [9.17, 15) is 5.11 Å². The quantitative estimate of drug-likeness (QED) is 0.439. The zero-order chi connectivity index (χ0) is 13.7. The molecule has 0 amide bonds. The van der Waals surface area contributed by atoms with Gasteiger partial charge in [0, 0.05) is 32.1 Å². The summed E-state index contributed by atoms with van der Waals surface area (Å²) in [6.45, 7) is 8.36. The van der Waals surface area contributed by atoms with E-state index in [4.69, 9.17) is 4.99 Å². The number of nitrogens with one attached hydrogen (secondary N) is 1. The number of aliphatic hydroxyl groups is 1. The average molecular weight is 395 g/mol. The predicted molar refractivity (Wildman–Crippen MR) is 94.7 cm³/mol. The summed E-state index contributed by atoms with van der Waals surface area (Å²) in [6.07, 6.45) is 5.62. The highest BCUT2D eigenvalue weighted by atomic mass is 127. The van der Waals surface area contributed by atoms with Crippen LogP contribution in [0.3, 0.4) is 0 Å². The van der Waals surface area contributed by atoms with Gasteiger partial charge in [0.15, 0.2) is 5.96 Å². The Morgan fingerprint density at radius 1 is 1.25 bits per heavy atom. The summed E-state index contributed by atoms with van der Waals surface area (Å²) < 4.78 is 0. The molecular weight excluding hydrogens is 365 g/mol. The van der Waals surface area contributed by atoms with E-state index < -0.39 is 0 Å². The number of rotatable bonds is 3. The molecule has 0 spiro atoms. The normalized spacial score (nSPS) is 28.4. The molecular formula is C15H30IN3O. The van der Waals surface area contributed by atoms with Crippen LogP contribution >= 0.6 is 24.0 Å². The number of likely N-dealkylation sites (tertiary alicyclic amines) is 1. The van der Waals surface area contributed by atoms with Crippen molar-refractivity contribution >= 4 is 29.9 Å². The Balaban J connectivity index is 0.00000200. The Morgan fingerprint density at radius 3 is 2.50 bits per heavy atom. The largest absolute Gasteiger partial charge is 0.393 e. The van der Waals surface area contributed by atoms with Crippen LogP contribution in [0.4, 0.5) is 0 Å². The van der Waals surface area contributed by atoms with Crippen molar-refractivity contribution < 1.29 is 5.11 Å². The lowest BCUT2D eigenvalue weighted by atomic mass is 9.99. The van der Waals surface area contributed by atoms with Crippen molar-refractivity contribution in [1.29, 1.82) is 0 Å². The number of piperidine rings is 1. The average Bonchev–Trinajstić information content (AvgIpc) is 2.81. The van der Waals surface area contributed by atoms with Crippen molar-refractivity contribution in [1.82, 2.24) is 10.2 Å². The van der Waals surface area contributed by atoms with Gasteiger partial charge >= 0.3 is 0 Å². The monoisotopic (exact) mass is 395 g/mol. The molecule has 2 rings (SSSR count). The molecule has 2 fully saturated rings. The van der Waals surface area contributed by atoms with E-state index in [1.165, 1.54) is 12.8 Å². The molecule has 0 aromatic carbocycles. The fourth-order valence-corrected chi connectivity index (χ4v) is 3.08. The molecule has 20 heavy (non-hydrogen) atoms. The highest BCUT2D eigenvalue weighted by Gasteiger charge is 2.25. The minimum atomic E-state index is -0.131. The van der Waals surface area contributed by atoms with Crippen LogP contribution < -0.4 is 5.32 Å². The lowest BCUT2D eigenvalue weighted by Crippen LogP contribution is -2.45. The van der Waals surface area contributed by atoms with Crippen molar-refractivity contribution in [3.63, 3.8) is 0 Å². The molecule has 0 bridgehead atoms. The Morgan fingerprint density at radius 2 is 1.95 bits per heavy atom. The lowest BCUT2D eigenvalue weighted by molar-refractivity contribution is 0.136. The van der Waals surface area contributed by atoms with Gasteiger partial charge in [-0.25, -0.2) is 0 Å². The zero-order valence-electron chi connectivity index (χ0n) is 12.8. The molecule has 0 aromatic heterocycles.